The summed E-state index contributed by atoms with van der Waals surface area (Å²) in [5.41, 5.74) is 4.64. The van der Waals surface area contributed by atoms with E-state index in [0.29, 0.717) is 0 Å². The van der Waals surface area contributed by atoms with Gasteiger partial charge in [0.05, 0.1) is 9.85 Å². The van der Waals surface area contributed by atoms with Gasteiger partial charge in [-0.1, -0.05) is 19.9 Å². The van der Waals surface area contributed by atoms with Crippen LogP contribution in [0.5, 0.6) is 0 Å². The fourth-order valence-corrected chi connectivity index (χ4v) is 3.08. The molecule has 1 fully saturated rings. The number of carbonyl (C=O) groups excluding carboxylic acids is 1. The second-order valence-corrected chi connectivity index (χ2v) is 8.52. The Balaban J connectivity index is 0.000000675. The summed E-state index contributed by atoms with van der Waals surface area (Å²) < 4.78 is 44.4. The van der Waals surface area contributed by atoms with E-state index in [2.05, 4.69) is 27.5 Å². The number of aromatic nitrogens is 2. The predicted molar refractivity (Wildman–Crippen MR) is 114 cm³/mol. The summed E-state index contributed by atoms with van der Waals surface area (Å²) in [4.78, 5) is 46.9. The van der Waals surface area contributed by atoms with Crippen LogP contribution in [0.2, 0.25) is 0 Å². The number of esters is 1. The summed E-state index contributed by atoms with van der Waals surface area (Å²) in [5, 5.41) is 6.48. The van der Waals surface area contributed by atoms with E-state index >= 15 is 0 Å². The number of nitrogens with zero attached hydrogens (tertiary/aromatic N) is 1. The van der Waals surface area contributed by atoms with E-state index < -0.39 is 59.2 Å². The van der Waals surface area contributed by atoms with Gasteiger partial charge in [-0.05, 0) is 21.8 Å². The number of hydrogen-bond acceptors (Lipinski definition) is 7. The highest BCUT2D eigenvalue weighted by Crippen LogP contribution is 2.34. The van der Waals surface area contributed by atoms with Crippen LogP contribution in [0.3, 0.4) is 0 Å². The summed E-state index contributed by atoms with van der Waals surface area (Å²) >= 11 is 9.29. The number of carbonyl (C=O) groups is 2. The molecule has 0 spiro atoms. The van der Waals surface area contributed by atoms with Crippen LogP contribution in [-0.2, 0) is 19.1 Å². The highest BCUT2D eigenvalue weighted by atomic mass is 79.9. The van der Waals surface area contributed by atoms with Crippen molar-refractivity contribution in [3.05, 3.63) is 44.2 Å². The van der Waals surface area contributed by atoms with Crippen molar-refractivity contribution in [3.8, 4) is 0 Å². The van der Waals surface area contributed by atoms with E-state index in [4.69, 9.17) is 36.7 Å². The third-order valence-electron chi connectivity index (χ3n) is 4.39. The first-order valence-corrected chi connectivity index (χ1v) is 10.5. The van der Waals surface area contributed by atoms with E-state index in [1.807, 2.05) is 13.8 Å². The Morgan fingerprint density at radius 1 is 1.45 bits per heavy atom. The topological polar surface area (TPSA) is 154 Å². The van der Waals surface area contributed by atoms with Crippen LogP contribution in [0, 0.1) is 5.92 Å². The Morgan fingerprint density at radius 2 is 2.00 bits per heavy atom. The molecule has 0 saturated carbocycles. The van der Waals surface area contributed by atoms with E-state index in [1.54, 1.807) is 0 Å². The first-order valence-electron chi connectivity index (χ1n) is 9.29. The molecular weight excluding hydrogens is 543 g/mol. The number of carboxylic acids is 1. The van der Waals surface area contributed by atoms with Crippen LogP contribution in [-0.4, -0.2) is 56.4 Å². The summed E-state index contributed by atoms with van der Waals surface area (Å²) in [7, 11) is 0. The smallest absolute Gasteiger partial charge is 0.475 e. The molecule has 2 heterocycles. The first-order chi connectivity index (χ1) is 15.1. The number of rotatable bonds is 6. The van der Waals surface area contributed by atoms with E-state index in [9.17, 15) is 27.6 Å². The molecule has 1 aliphatic heterocycles. The molecule has 33 heavy (non-hydrogen) atoms. The second-order valence-electron chi connectivity index (χ2n) is 7.16. The molecular formula is C18H22BrClF3N3O7. The van der Waals surface area contributed by atoms with Crippen LogP contribution >= 0.6 is 27.5 Å². The average molecular weight is 565 g/mol. The Bertz CT molecular complexity index is 982. The predicted octanol–water partition coefficient (Wildman–Crippen LogP) is 1.91. The van der Waals surface area contributed by atoms with Crippen molar-refractivity contribution in [1.29, 1.82) is 0 Å². The summed E-state index contributed by atoms with van der Waals surface area (Å²) in [6, 6.07) is -0.780. The molecule has 0 aliphatic carbocycles. The molecule has 4 N–H and O–H groups in total. The minimum Gasteiger partial charge on any atom is -0.475 e. The standard InChI is InChI=1S/C16H21BrClN3O5.C2HF3O2/c1-4-9(18)13-10(25-15(23)12(19)7(2)3)5-11(26-13)21-6-8(17)14(22)20-16(21)24;3-2(4,5)1(6)7/h4,6-7,9-13H,1,5,19H2,2-3H3,(H,20,22,24);(H,6,7)/t9?,10-,11+,12-,13+;/m0./s1. The molecule has 2 rings (SSSR count). The molecule has 1 aliphatic rings. The Kier molecular flexibility index (Phi) is 10.3. The largest absolute Gasteiger partial charge is 0.490 e. The van der Waals surface area contributed by atoms with Crippen LogP contribution < -0.4 is 17.0 Å². The normalized spacial score (nSPS) is 22.2. The number of H-pyrrole nitrogens is 1. The molecule has 5 atom stereocenters. The van der Waals surface area contributed by atoms with Crippen LogP contribution in [0.15, 0.2) is 32.9 Å². The Morgan fingerprint density at radius 3 is 2.45 bits per heavy atom. The highest BCUT2D eigenvalue weighted by molar-refractivity contribution is 9.10. The van der Waals surface area contributed by atoms with E-state index in [0.717, 1.165) is 0 Å². The number of hydrogen-bond donors (Lipinski definition) is 3. The quantitative estimate of drug-likeness (QED) is 0.269. The van der Waals surface area contributed by atoms with Gasteiger partial charge < -0.3 is 20.3 Å². The summed E-state index contributed by atoms with van der Waals surface area (Å²) in [5.74, 6) is -3.42. The van der Waals surface area contributed by atoms with Gasteiger partial charge in [-0.3, -0.25) is 19.1 Å². The lowest BCUT2D eigenvalue weighted by Gasteiger charge is -2.23. The molecule has 15 heteroatoms. The fraction of sp³-hybridized carbons (Fsp3) is 0.556. The van der Waals surface area contributed by atoms with Gasteiger partial charge in [0.25, 0.3) is 5.56 Å². The molecule has 0 amide bonds. The van der Waals surface area contributed by atoms with Gasteiger partial charge in [0, 0.05) is 12.6 Å². The van der Waals surface area contributed by atoms with Crippen LogP contribution in [0.4, 0.5) is 13.2 Å². The number of halogens is 5. The van der Waals surface area contributed by atoms with Crippen LogP contribution in [0.25, 0.3) is 0 Å². The number of ether oxygens (including phenoxy) is 2. The van der Waals surface area contributed by atoms with Crippen molar-refractivity contribution in [1.82, 2.24) is 9.55 Å². The van der Waals surface area contributed by atoms with Crippen molar-refractivity contribution < 1.29 is 37.3 Å². The van der Waals surface area contributed by atoms with Crippen LogP contribution in [0.1, 0.15) is 26.5 Å². The Hall–Kier alpha value is -2.16. The number of aliphatic carboxylic acids is 1. The highest BCUT2D eigenvalue weighted by Gasteiger charge is 2.43. The fourth-order valence-electron chi connectivity index (χ4n) is 2.54. The van der Waals surface area contributed by atoms with Gasteiger partial charge in [-0.15, -0.1) is 18.2 Å². The van der Waals surface area contributed by atoms with Crippen molar-refractivity contribution >= 4 is 39.5 Å². The zero-order valence-corrected chi connectivity index (χ0v) is 19.7. The van der Waals surface area contributed by atoms with Gasteiger partial charge in [0.1, 0.15) is 24.5 Å². The number of aromatic amines is 1. The number of carboxylic acid groups (broad SMARTS) is 1. The monoisotopic (exact) mass is 563 g/mol. The van der Waals surface area contributed by atoms with Crippen molar-refractivity contribution in [2.24, 2.45) is 11.7 Å². The molecule has 0 radical (unpaired) electrons. The van der Waals surface area contributed by atoms with Gasteiger partial charge in [-0.25, -0.2) is 9.59 Å². The maximum absolute atomic E-state index is 12.2. The Labute approximate surface area is 198 Å². The van der Waals surface area contributed by atoms with E-state index in [1.165, 1.54) is 16.8 Å². The molecule has 1 aromatic heterocycles. The van der Waals surface area contributed by atoms with Crippen molar-refractivity contribution in [2.75, 3.05) is 0 Å². The summed E-state index contributed by atoms with van der Waals surface area (Å²) in [6.45, 7) is 7.24. The van der Waals surface area contributed by atoms with Crippen molar-refractivity contribution in [3.63, 3.8) is 0 Å². The minimum absolute atomic E-state index is 0.0944. The molecule has 0 aromatic carbocycles. The number of nitrogens with two attached hydrogens (primary N) is 1. The zero-order valence-electron chi connectivity index (χ0n) is 17.3. The maximum Gasteiger partial charge on any atom is 0.490 e. The van der Waals surface area contributed by atoms with Gasteiger partial charge in [0.2, 0.25) is 0 Å². The van der Waals surface area contributed by atoms with Gasteiger partial charge in [-0.2, -0.15) is 13.2 Å². The number of alkyl halides is 4. The maximum atomic E-state index is 12.2. The molecule has 1 saturated heterocycles. The molecule has 10 nitrogen and oxygen atoms in total. The zero-order chi connectivity index (χ0) is 25.7. The van der Waals surface area contributed by atoms with E-state index in [-0.39, 0.29) is 16.8 Å². The third kappa shape index (κ3) is 7.98. The second kappa shape index (κ2) is 11.8. The lowest BCUT2D eigenvalue weighted by molar-refractivity contribution is -0.192. The third-order valence-corrected chi connectivity index (χ3v) is 5.38. The lowest BCUT2D eigenvalue weighted by atomic mass is 10.1. The van der Waals surface area contributed by atoms with Gasteiger partial charge >= 0.3 is 23.8 Å². The average Bonchev–Trinajstić information content (AvgIpc) is 3.12. The number of nitrogens with one attached hydrogen (secondary N) is 1. The van der Waals surface area contributed by atoms with Gasteiger partial charge in [0.15, 0.2) is 0 Å². The molecule has 1 unspecified atom stereocenters. The minimum atomic E-state index is -5.08. The molecule has 186 valence electrons. The molecule has 1 aromatic rings. The summed E-state index contributed by atoms with van der Waals surface area (Å²) in [6.07, 6.45) is -4.31. The molecule has 0 bridgehead atoms. The SMILES string of the molecule is C=CC(Cl)[C@H]1O[C@@H](n2cc(Br)c(=O)[nH]c2=O)C[C@@H]1OC(=O)[C@@H](N)C(C)C.O=C(O)C(F)(F)F. The van der Waals surface area contributed by atoms with Crippen molar-refractivity contribution in [2.45, 2.75) is 56.3 Å². The lowest BCUT2D eigenvalue weighted by Crippen LogP contribution is -2.42. The first kappa shape index (κ1) is 28.9.